The van der Waals surface area contributed by atoms with Gasteiger partial charge in [0.25, 0.3) is 5.91 Å². The van der Waals surface area contributed by atoms with Crippen LogP contribution in [0.5, 0.6) is 5.75 Å². The second-order valence-corrected chi connectivity index (χ2v) is 5.78. The molecule has 0 bridgehead atoms. The van der Waals surface area contributed by atoms with Gasteiger partial charge in [0.05, 0.1) is 24.3 Å². The number of rotatable bonds is 5. The SMILES string of the molecule is O=C(N[C@@H]1COCC[C@H]1O)c1ccccc1OCc1ccccc1. The molecular formula is C19H21NO4. The lowest BCUT2D eigenvalue weighted by molar-refractivity contribution is -0.0140. The quantitative estimate of drug-likeness (QED) is 0.883. The van der Waals surface area contributed by atoms with Crippen molar-refractivity contribution in [1.82, 2.24) is 5.32 Å². The number of para-hydroxylation sites is 1. The van der Waals surface area contributed by atoms with Crippen LogP contribution < -0.4 is 10.1 Å². The van der Waals surface area contributed by atoms with E-state index < -0.39 is 12.1 Å². The molecule has 1 amide bonds. The first-order valence-electron chi connectivity index (χ1n) is 8.06. The van der Waals surface area contributed by atoms with Gasteiger partial charge < -0.3 is 19.9 Å². The zero-order valence-corrected chi connectivity index (χ0v) is 13.4. The fraction of sp³-hybridized carbons (Fsp3) is 0.316. The van der Waals surface area contributed by atoms with Crippen LogP contribution in [0.25, 0.3) is 0 Å². The molecule has 1 heterocycles. The van der Waals surface area contributed by atoms with E-state index in [2.05, 4.69) is 5.32 Å². The molecule has 0 spiro atoms. The summed E-state index contributed by atoms with van der Waals surface area (Å²) in [5, 5.41) is 12.8. The van der Waals surface area contributed by atoms with E-state index in [9.17, 15) is 9.90 Å². The van der Waals surface area contributed by atoms with Crippen molar-refractivity contribution < 1.29 is 19.4 Å². The van der Waals surface area contributed by atoms with Gasteiger partial charge in [-0.1, -0.05) is 42.5 Å². The van der Waals surface area contributed by atoms with E-state index in [-0.39, 0.29) is 5.91 Å². The molecule has 1 fully saturated rings. The predicted molar refractivity (Wildman–Crippen MR) is 89.9 cm³/mol. The average Bonchev–Trinajstić information content (AvgIpc) is 2.63. The highest BCUT2D eigenvalue weighted by molar-refractivity contribution is 5.97. The molecule has 24 heavy (non-hydrogen) atoms. The number of hydrogen-bond acceptors (Lipinski definition) is 4. The number of amides is 1. The Morgan fingerprint density at radius 1 is 1.17 bits per heavy atom. The smallest absolute Gasteiger partial charge is 0.255 e. The van der Waals surface area contributed by atoms with Gasteiger partial charge in [-0.25, -0.2) is 0 Å². The summed E-state index contributed by atoms with van der Waals surface area (Å²) in [6.07, 6.45) is -0.0583. The van der Waals surface area contributed by atoms with Gasteiger partial charge in [-0.05, 0) is 24.1 Å². The molecule has 2 aromatic rings. The number of nitrogens with one attached hydrogen (secondary N) is 1. The van der Waals surface area contributed by atoms with Gasteiger partial charge >= 0.3 is 0 Å². The Morgan fingerprint density at radius 3 is 2.71 bits per heavy atom. The van der Waals surface area contributed by atoms with Gasteiger partial charge in [0.15, 0.2) is 0 Å². The van der Waals surface area contributed by atoms with E-state index in [1.165, 1.54) is 0 Å². The summed E-state index contributed by atoms with van der Waals surface area (Å²) in [4.78, 5) is 12.5. The zero-order chi connectivity index (χ0) is 16.8. The molecule has 0 radical (unpaired) electrons. The maximum Gasteiger partial charge on any atom is 0.255 e. The van der Waals surface area contributed by atoms with E-state index in [1.54, 1.807) is 18.2 Å². The summed E-state index contributed by atoms with van der Waals surface area (Å²) in [5.41, 5.74) is 1.48. The Hall–Kier alpha value is -2.37. The molecule has 0 unspecified atom stereocenters. The first-order chi connectivity index (χ1) is 11.7. The number of aliphatic hydroxyl groups is 1. The Balaban J connectivity index is 1.67. The Labute approximate surface area is 141 Å². The lowest BCUT2D eigenvalue weighted by atomic mass is 10.1. The fourth-order valence-electron chi connectivity index (χ4n) is 2.63. The summed E-state index contributed by atoms with van der Waals surface area (Å²) in [6.45, 7) is 1.23. The van der Waals surface area contributed by atoms with E-state index >= 15 is 0 Å². The Bertz CT molecular complexity index is 674. The van der Waals surface area contributed by atoms with Crippen molar-refractivity contribution in [3.05, 3.63) is 65.7 Å². The molecule has 1 aliphatic heterocycles. The van der Waals surface area contributed by atoms with Crippen molar-refractivity contribution >= 4 is 5.91 Å². The van der Waals surface area contributed by atoms with Crippen molar-refractivity contribution in [3.63, 3.8) is 0 Å². The van der Waals surface area contributed by atoms with Gasteiger partial charge in [0, 0.05) is 6.61 Å². The third kappa shape index (κ3) is 4.13. The molecule has 5 nitrogen and oxygen atoms in total. The van der Waals surface area contributed by atoms with Gasteiger partial charge in [-0.2, -0.15) is 0 Å². The molecule has 1 aliphatic rings. The maximum atomic E-state index is 12.5. The Morgan fingerprint density at radius 2 is 1.92 bits per heavy atom. The van der Waals surface area contributed by atoms with Crippen LogP contribution in [0.2, 0.25) is 0 Å². The highest BCUT2D eigenvalue weighted by Gasteiger charge is 2.26. The number of aliphatic hydroxyl groups excluding tert-OH is 1. The summed E-state index contributed by atoms with van der Waals surface area (Å²) < 4.78 is 11.1. The number of benzene rings is 2. The molecular weight excluding hydrogens is 306 g/mol. The van der Waals surface area contributed by atoms with Gasteiger partial charge in [-0.15, -0.1) is 0 Å². The zero-order valence-electron chi connectivity index (χ0n) is 13.4. The molecule has 1 saturated heterocycles. The van der Waals surface area contributed by atoms with Crippen LogP contribution >= 0.6 is 0 Å². The summed E-state index contributed by atoms with van der Waals surface area (Å²) in [6, 6.07) is 16.5. The third-order valence-corrected chi connectivity index (χ3v) is 4.01. The van der Waals surface area contributed by atoms with Crippen molar-refractivity contribution in [1.29, 1.82) is 0 Å². The minimum absolute atomic E-state index is 0.270. The first kappa shape index (κ1) is 16.5. The lowest BCUT2D eigenvalue weighted by Crippen LogP contribution is -2.49. The van der Waals surface area contributed by atoms with Crippen LogP contribution in [0, 0.1) is 0 Å². The van der Waals surface area contributed by atoms with Crippen molar-refractivity contribution in [2.45, 2.75) is 25.2 Å². The lowest BCUT2D eigenvalue weighted by Gasteiger charge is -2.28. The highest BCUT2D eigenvalue weighted by Crippen LogP contribution is 2.20. The predicted octanol–water partition coefficient (Wildman–Crippen LogP) is 2.15. The van der Waals surface area contributed by atoms with Crippen LogP contribution in [-0.4, -0.2) is 36.4 Å². The topological polar surface area (TPSA) is 67.8 Å². The normalized spacial score (nSPS) is 20.4. The van der Waals surface area contributed by atoms with Gasteiger partial charge in [0.2, 0.25) is 0 Å². The van der Waals surface area contributed by atoms with E-state index in [0.717, 1.165) is 5.56 Å². The van der Waals surface area contributed by atoms with Crippen LogP contribution in [0.3, 0.4) is 0 Å². The molecule has 2 atom stereocenters. The van der Waals surface area contributed by atoms with Crippen LogP contribution in [0.4, 0.5) is 0 Å². The number of hydrogen-bond donors (Lipinski definition) is 2. The second-order valence-electron chi connectivity index (χ2n) is 5.78. The number of carbonyl (C=O) groups is 1. The average molecular weight is 327 g/mol. The molecule has 3 rings (SSSR count). The molecule has 2 N–H and O–H groups in total. The second kappa shape index (κ2) is 7.95. The first-order valence-corrected chi connectivity index (χ1v) is 8.06. The maximum absolute atomic E-state index is 12.5. The molecule has 5 heteroatoms. The minimum atomic E-state index is -0.583. The van der Waals surface area contributed by atoms with Crippen LogP contribution in [0.1, 0.15) is 22.3 Å². The molecule has 126 valence electrons. The van der Waals surface area contributed by atoms with E-state index in [1.807, 2.05) is 36.4 Å². The largest absolute Gasteiger partial charge is 0.488 e. The van der Waals surface area contributed by atoms with Gasteiger partial charge in [-0.3, -0.25) is 4.79 Å². The minimum Gasteiger partial charge on any atom is -0.488 e. The Kier molecular flexibility index (Phi) is 5.46. The number of carbonyl (C=O) groups excluding carboxylic acids is 1. The van der Waals surface area contributed by atoms with Gasteiger partial charge in [0.1, 0.15) is 12.4 Å². The summed E-state index contributed by atoms with van der Waals surface area (Å²) in [7, 11) is 0. The highest BCUT2D eigenvalue weighted by atomic mass is 16.5. The molecule has 0 aromatic heterocycles. The molecule has 0 saturated carbocycles. The fourth-order valence-corrected chi connectivity index (χ4v) is 2.63. The van der Waals surface area contributed by atoms with Crippen LogP contribution in [-0.2, 0) is 11.3 Å². The third-order valence-electron chi connectivity index (χ3n) is 4.01. The summed E-state index contributed by atoms with van der Waals surface area (Å²) >= 11 is 0. The van der Waals surface area contributed by atoms with Crippen molar-refractivity contribution in [3.8, 4) is 5.75 Å². The van der Waals surface area contributed by atoms with Crippen molar-refractivity contribution in [2.75, 3.05) is 13.2 Å². The standard InChI is InChI=1S/C19H21NO4/c21-17-10-11-23-13-16(17)20-19(22)15-8-4-5-9-18(15)24-12-14-6-2-1-3-7-14/h1-9,16-17,21H,10-13H2,(H,20,22)/t16-,17-/m1/s1. The van der Waals surface area contributed by atoms with Crippen molar-refractivity contribution in [2.24, 2.45) is 0 Å². The van der Waals surface area contributed by atoms with E-state index in [0.29, 0.717) is 37.6 Å². The monoisotopic (exact) mass is 327 g/mol. The number of ether oxygens (including phenoxy) is 2. The molecule has 0 aliphatic carbocycles. The van der Waals surface area contributed by atoms with Crippen LogP contribution in [0.15, 0.2) is 54.6 Å². The summed E-state index contributed by atoms with van der Waals surface area (Å²) in [5.74, 6) is 0.248. The molecule has 2 aromatic carbocycles. The van der Waals surface area contributed by atoms with E-state index in [4.69, 9.17) is 9.47 Å².